The van der Waals surface area contributed by atoms with Gasteiger partial charge in [-0.1, -0.05) is 6.92 Å². The number of nitrogens with zero attached hydrogens (tertiary/aromatic N) is 3. The molecule has 0 aliphatic heterocycles. The lowest BCUT2D eigenvalue weighted by molar-refractivity contribution is 0.898. The highest BCUT2D eigenvalue weighted by Crippen LogP contribution is 2.12. The third-order valence-corrected chi connectivity index (χ3v) is 2.43. The zero-order chi connectivity index (χ0) is 11.7. The van der Waals surface area contributed by atoms with Crippen molar-refractivity contribution in [2.45, 2.75) is 13.3 Å². The van der Waals surface area contributed by atoms with E-state index in [1.165, 1.54) is 0 Å². The first-order valence-electron chi connectivity index (χ1n) is 4.99. The van der Waals surface area contributed by atoms with Crippen LogP contribution in [0.4, 0.5) is 5.82 Å². The van der Waals surface area contributed by atoms with Gasteiger partial charge in [0, 0.05) is 19.4 Å². The van der Waals surface area contributed by atoms with E-state index in [-0.39, 0.29) is 11.4 Å². The first-order chi connectivity index (χ1) is 7.63. The van der Waals surface area contributed by atoms with Crippen LogP contribution >= 0.6 is 0 Å². The smallest absolute Gasteiger partial charge is 0.256 e. The highest BCUT2D eigenvalue weighted by molar-refractivity contribution is 5.49. The van der Waals surface area contributed by atoms with E-state index in [1.807, 2.05) is 14.0 Å². The van der Waals surface area contributed by atoms with Gasteiger partial charge < -0.3 is 15.3 Å². The Morgan fingerprint density at radius 2 is 2.31 bits per heavy atom. The van der Waals surface area contributed by atoms with Gasteiger partial charge in [0.1, 0.15) is 5.82 Å². The molecule has 6 nitrogen and oxygen atoms in total. The summed E-state index contributed by atoms with van der Waals surface area (Å²) < 4.78 is 1.77. The number of rotatable bonds is 2. The lowest BCUT2D eigenvalue weighted by atomic mass is 10.2. The molecule has 0 aliphatic rings. The highest BCUT2D eigenvalue weighted by atomic mass is 16.1. The van der Waals surface area contributed by atoms with Crippen LogP contribution < -0.4 is 11.3 Å². The van der Waals surface area contributed by atoms with E-state index in [2.05, 4.69) is 15.0 Å². The van der Waals surface area contributed by atoms with Crippen molar-refractivity contribution in [1.82, 2.24) is 19.5 Å². The van der Waals surface area contributed by atoms with E-state index in [0.717, 1.165) is 0 Å². The number of aryl methyl sites for hydroxylation is 1. The topological polar surface area (TPSA) is 89.6 Å². The molecule has 0 saturated heterocycles. The Kier molecular flexibility index (Phi) is 2.47. The largest absolute Gasteiger partial charge is 0.383 e. The molecule has 0 aliphatic carbocycles. The van der Waals surface area contributed by atoms with Crippen molar-refractivity contribution >= 4 is 5.82 Å². The SMILES string of the molecule is CCc1c(N)nc(-c2nccn2C)[nH]c1=O. The molecule has 84 valence electrons. The Hall–Kier alpha value is -2.11. The second kappa shape index (κ2) is 3.80. The summed E-state index contributed by atoms with van der Waals surface area (Å²) in [5.41, 5.74) is 6.03. The molecule has 0 spiro atoms. The van der Waals surface area contributed by atoms with Crippen molar-refractivity contribution in [3.05, 3.63) is 28.3 Å². The lowest BCUT2D eigenvalue weighted by Crippen LogP contribution is -2.18. The average molecular weight is 219 g/mol. The van der Waals surface area contributed by atoms with E-state index >= 15 is 0 Å². The van der Waals surface area contributed by atoms with Crippen LogP contribution in [0.15, 0.2) is 17.2 Å². The molecule has 16 heavy (non-hydrogen) atoms. The van der Waals surface area contributed by atoms with Gasteiger partial charge in [-0.3, -0.25) is 4.79 Å². The van der Waals surface area contributed by atoms with Crippen LogP contribution in [-0.4, -0.2) is 19.5 Å². The fourth-order valence-electron chi connectivity index (χ4n) is 1.56. The summed E-state index contributed by atoms with van der Waals surface area (Å²) in [6.07, 6.45) is 3.98. The minimum atomic E-state index is -0.201. The maximum Gasteiger partial charge on any atom is 0.256 e. The molecule has 0 fully saturated rings. The molecular weight excluding hydrogens is 206 g/mol. The van der Waals surface area contributed by atoms with E-state index < -0.39 is 0 Å². The quantitative estimate of drug-likeness (QED) is 0.760. The Labute approximate surface area is 92.2 Å². The molecule has 0 radical (unpaired) electrons. The number of aromatic amines is 1. The van der Waals surface area contributed by atoms with Gasteiger partial charge in [-0.15, -0.1) is 0 Å². The first kappa shape index (κ1) is 10.4. The van der Waals surface area contributed by atoms with Crippen LogP contribution in [0.25, 0.3) is 11.6 Å². The minimum Gasteiger partial charge on any atom is -0.383 e. The van der Waals surface area contributed by atoms with Crippen LogP contribution in [0.5, 0.6) is 0 Å². The zero-order valence-corrected chi connectivity index (χ0v) is 9.19. The monoisotopic (exact) mass is 219 g/mol. The number of anilines is 1. The molecule has 2 rings (SSSR count). The number of aromatic nitrogens is 4. The van der Waals surface area contributed by atoms with Crippen LogP contribution in [0.1, 0.15) is 12.5 Å². The Balaban J connectivity index is 2.61. The third kappa shape index (κ3) is 1.58. The summed E-state index contributed by atoms with van der Waals surface area (Å²) in [5.74, 6) is 1.25. The molecule has 0 amide bonds. The fraction of sp³-hybridized carbons (Fsp3) is 0.300. The predicted molar refractivity (Wildman–Crippen MR) is 60.9 cm³/mol. The molecule has 6 heteroatoms. The van der Waals surface area contributed by atoms with Gasteiger partial charge in [-0.2, -0.15) is 0 Å². The predicted octanol–water partition coefficient (Wildman–Crippen LogP) is 0.315. The number of H-pyrrole nitrogens is 1. The van der Waals surface area contributed by atoms with Crippen molar-refractivity contribution in [3.63, 3.8) is 0 Å². The van der Waals surface area contributed by atoms with Gasteiger partial charge >= 0.3 is 0 Å². The molecule has 2 heterocycles. The van der Waals surface area contributed by atoms with E-state index in [0.29, 0.717) is 23.6 Å². The van der Waals surface area contributed by atoms with Gasteiger partial charge in [0.25, 0.3) is 5.56 Å². The molecule has 0 unspecified atom stereocenters. The second-order valence-electron chi connectivity index (χ2n) is 3.49. The number of nitrogen functional groups attached to an aromatic ring is 1. The van der Waals surface area contributed by atoms with Crippen molar-refractivity contribution in [3.8, 4) is 11.6 Å². The maximum atomic E-state index is 11.7. The van der Waals surface area contributed by atoms with E-state index in [9.17, 15) is 4.79 Å². The van der Waals surface area contributed by atoms with Crippen LogP contribution in [0.2, 0.25) is 0 Å². The molecule has 3 N–H and O–H groups in total. The molecule has 0 saturated carbocycles. The molecule has 0 bridgehead atoms. The van der Waals surface area contributed by atoms with Gasteiger partial charge in [0.15, 0.2) is 11.6 Å². The van der Waals surface area contributed by atoms with Crippen molar-refractivity contribution in [2.75, 3.05) is 5.73 Å². The van der Waals surface area contributed by atoms with Crippen molar-refractivity contribution in [2.24, 2.45) is 7.05 Å². The Bertz CT molecular complexity index is 569. The summed E-state index contributed by atoms with van der Waals surface area (Å²) >= 11 is 0. The molecule has 2 aromatic rings. The van der Waals surface area contributed by atoms with Crippen LogP contribution in [-0.2, 0) is 13.5 Å². The number of hydrogen-bond donors (Lipinski definition) is 2. The second-order valence-corrected chi connectivity index (χ2v) is 3.49. The number of nitrogens with one attached hydrogen (secondary N) is 1. The number of nitrogens with two attached hydrogens (primary N) is 1. The molecular formula is C10H13N5O. The zero-order valence-electron chi connectivity index (χ0n) is 9.19. The lowest BCUT2D eigenvalue weighted by Gasteiger charge is -2.04. The molecule has 0 aromatic carbocycles. The van der Waals surface area contributed by atoms with Gasteiger partial charge in [0.2, 0.25) is 0 Å². The summed E-state index contributed by atoms with van der Waals surface area (Å²) in [6, 6.07) is 0. The first-order valence-corrected chi connectivity index (χ1v) is 4.99. The van der Waals surface area contributed by atoms with E-state index in [1.54, 1.807) is 17.0 Å². The summed E-state index contributed by atoms with van der Waals surface area (Å²) in [7, 11) is 1.83. The summed E-state index contributed by atoms with van der Waals surface area (Å²) in [6.45, 7) is 1.86. The van der Waals surface area contributed by atoms with Gasteiger partial charge in [-0.05, 0) is 6.42 Å². The van der Waals surface area contributed by atoms with E-state index in [4.69, 9.17) is 5.73 Å². The minimum absolute atomic E-state index is 0.201. The molecule has 0 atom stereocenters. The van der Waals surface area contributed by atoms with Crippen molar-refractivity contribution in [1.29, 1.82) is 0 Å². The highest BCUT2D eigenvalue weighted by Gasteiger charge is 2.11. The Morgan fingerprint density at radius 3 is 2.81 bits per heavy atom. The summed E-state index contributed by atoms with van der Waals surface area (Å²) in [5, 5.41) is 0. The van der Waals surface area contributed by atoms with Gasteiger partial charge in [-0.25, -0.2) is 9.97 Å². The number of imidazole rings is 1. The standard InChI is InChI=1S/C10H13N5O/c1-3-6-7(11)13-8(14-10(6)16)9-12-4-5-15(9)2/h4-5H,3H2,1-2H3,(H3,11,13,14,16). The van der Waals surface area contributed by atoms with Gasteiger partial charge in [0.05, 0.1) is 5.56 Å². The fourth-order valence-corrected chi connectivity index (χ4v) is 1.56. The van der Waals surface area contributed by atoms with Crippen molar-refractivity contribution < 1.29 is 0 Å². The maximum absolute atomic E-state index is 11.7. The van der Waals surface area contributed by atoms with Crippen LogP contribution in [0.3, 0.4) is 0 Å². The molecule has 2 aromatic heterocycles. The van der Waals surface area contributed by atoms with Crippen LogP contribution in [0, 0.1) is 0 Å². The normalized spacial score (nSPS) is 10.6. The third-order valence-electron chi connectivity index (χ3n) is 2.43. The average Bonchev–Trinajstić information content (AvgIpc) is 2.64. The summed E-state index contributed by atoms with van der Waals surface area (Å²) in [4.78, 5) is 22.6. The Morgan fingerprint density at radius 1 is 1.56 bits per heavy atom. The number of hydrogen-bond acceptors (Lipinski definition) is 4.